The Hall–Kier alpha value is -4.39. The van der Waals surface area contributed by atoms with E-state index < -0.39 is 0 Å². The SMILES string of the molecule is CCCC(=O)Nc1cccc(CC(Cc2cc(-c3ccc(Oc4ccccc4)cc3)n[nH]2)OC=O)c1. The Morgan fingerprint density at radius 2 is 1.75 bits per heavy atom. The molecule has 7 heteroatoms. The van der Waals surface area contributed by atoms with Gasteiger partial charge in [0.15, 0.2) is 0 Å². The maximum Gasteiger partial charge on any atom is 0.293 e. The van der Waals surface area contributed by atoms with Crippen LogP contribution in [-0.2, 0) is 27.2 Å². The van der Waals surface area contributed by atoms with Crippen molar-refractivity contribution in [1.29, 1.82) is 0 Å². The van der Waals surface area contributed by atoms with Crippen molar-refractivity contribution in [2.45, 2.75) is 38.7 Å². The molecule has 2 N–H and O–H groups in total. The number of para-hydroxylation sites is 1. The molecule has 1 amide bonds. The van der Waals surface area contributed by atoms with Crippen molar-refractivity contribution in [3.63, 3.8) is 0 Å². The summed E-state index contributed by atoms with van der Waals surface area (Å²) in [6, 6.07) is 26.9. The second-order valence-electron chi connectivity index (χ2n) is 8.48. The zero-order valence-corrected chi connectivity index (χ0v) is 20.1. The van der Waals surface area contributed by atoms with Crippen LogP contribution in [0, 0.1) is 0 Å². The van der Waals surface area contributed by atoms with E-state index in [1.54, 1.807) is 0 Å². The fourth-order valence-electron chi connectivity index (χ4n) is 3.91. The van der Waals surface area contributed by atoms with Gasteiger partial charge in [0.2, 0.25) is 5.91 Å². The fraction of sp³-hybridized carbons (Fsp3) is 0.207. The summed E-state index contributed by atoms with van der Waals surface area (Å²) in [6.07, 6.45) is 1.88. The molecule has 0 aliphatic carbocycles. The van der Waals surface area contributed by atoms with E-state index in [1.165, 1.54) is 0 Å². The summed E-state index contributed by atoms with van der Waals surface area (Å²) in [5.74, 6) is 1.51. The van der Waals surface area contributed by atoms with E-state index >= 15 is 0 Å². The van der Waals surface area contributed by atoms with Crippen LogP contribution in [0.4, 0.5) is 5.69 Å². The van der Waals surface area contributed by atoms with Gasteiger partial charge in [-0.3, -0.25) is 14.7 Å². The van der Waals surface area contributed by atoms with Gasteiger partial charge < -0.3 is 14.8 Å². The highest BCUT2D eigenvalue weighted by Crippen LogP contribution is 2.25. The first-order valence-electron chi connectivity index (χ1n) is 12.0. The number of H-pyrrole nitrogens is 1. The topological polar surface area (TPSA) is 93.3 Å². The molecule has 0 saturated heterocycles. The van der Waals surface area contributed by atoms with Crippen LogP contribution in [0.1, 0.15) is 31.0 Å². The molecule has 184 valence electrons. The summed E-state index contributed by atoms with van der Waals surface area (Å²) in [7, 11) is 0. The molecule has 0 bridgehead atoms. The standard InChI is InChI=1S/C29H29N3O4/c1-2-7-29(34)30-23-9-6-8-21(16-23)17-27(35-20-33)18-24-19-28(32-31-24)22-12-14-26(15-13-22)36-25-10-4-3-5-11-25/h3-6,8-16,19-20,27H,2,7,17-18H2,1H3,(H,30,34)(H,31,32). The van der Waals surface area contributed by atoms with Gasteiger partial charge in [0.05, 0.1) is 5.69 Å². The van der Waals surface area contributed by atoms with Gasteiger partial charge in [-0.15, -0.1) is 0 Å². The third kappa shape index (κ3) is 7.06. The summed E-state index contributed by atoms with van der Waals surface area (Å²) in [5.41, 5.74) is 4.29. The highest BCUT2D eigenvalue weighted by Gasteiger charge is 2.15. The molecule has 0 aliphatic heterocycles. The zero-order valence-electron chi connectivity index (χ0n) is 20.1. The van der Waals surface area contributed by atoms with E-state index in [9.17, 15) is 9.59 Å². The van der Waals surface area contributed by atoms with Crippen molar-refractivity contribution in [2.24, 2.45) is 0 Å². The molecule has 0 fully saturated rings. The number of hydrogen-bond donors (Lipinski definition) is 2. The number of benzene rings is 3. The van der Waals surface area contributed by atoms with Gasteiger partial charge in [0.25, 0.3) is 6.47 Å². The van der Waals surface area contributed by atoms with Crippen LogP contribution in [0.15, 0.2) is 84.9 Å². The number of aromatic nitrogens is 2. The first kappa shape index (κ1) is 24.7. The number of rotatable bonds is 12. The molecular formula is C29H29N3O4. The molecular weight excluding hydrogens is 454 g/mol. The molecule has 0 spiro atoms. The van der Waals surface area contributed by atoms with Gasteiger partial charge in [-0.2, -0.15) is 5.10 Å². The molecule has 0 radical (unpaired) electrons. The number of ether oxygens (including phenoxy) is 2. The number of nitrogens with zero attached hydrogens (tertiary/aromatic N) is 1. The largest absolute Gasteiger partial charge is 0.464 e. The third-order valence-electron chi connectivity index (χ3n) is 5.61. The summed E-state index contributed by atoms with van der Waals surface area (Å²) in [4.78, 5) is 23.1. The van der Waals surface area contributed by atoms with Crippen LogP contribution in [0.25, 0.3) is 11.3 Å². The van der Waals surface area contributed by atoms with E-state index in [-0.39, 0.29) is 12.0 Å². The second kappa shape index (κ2) is 12.4. The third-order valence-corrected chi connectivity index (χ3v) is 5.61. The first-order chi connectivity index (χ1) is 17.6. The Morgan fingerprint density at radius 1 is 0.972 bits per heavy atom. The van der Waals surface area contributed by atoms with Crippen molar-refractivity contribution < 1.29 is 19.1 Å². The number of carbonyl (C=O) groups excluding carboxylic acids is 2. The summed E-state index contributed by atoms with van der Waals surface area (Å²) in [6.45, 7) is 2.44. The lowest BCUT2D eigenvalue weighted by atomic mass is 10.0. The molecule has 4 rings (SSSR count). The number of hydrogen-bond acceptors (Lipinski definition) is 5. The predicted molar refractivity (Wildman–Crippen MR) is 139 cm³/mol. The molecule has 7 nitrogen and oxygen atoms in total. The number of nitrogens with one attached hydrogen (secondary N) is 2. The molecule has 4 aromatic rings. The van der Waals surface area contributed by atoms with Crippen LogP contribution in [0.2, 0.25) is 0 Å². The maximum absolute atomic E-state index is 11.9. The van der Waals surface area contributed by atoms with Gasteiger partial charge >= 0.3 is 0 Å². The van der Waals surface area contributed by atoms with Crippen LogP contribution < -0.4 is 10.1 Å². The van der Waals surface area contributed by atoms with Gasteiger partial charge in [-0.25, -0.2) is 0 Å². The summed E-state index contributed by atoms with van der Waals surface area (Å²) < 4.78 is 11.2. The predicted octanol–water partition coefficient (Wildman–Crippen LogP) is 5.93. The number of anilines is 1. The van der Waals surface area contributed by atoms with Crippen molar-refractivity contribution >= 4 is 18.1 Å². The van der Waals surface area contributed by atoms with Gasteiger partial charge in [-0.1, -0.05) is 37.3 Å². The lowest BCUT2D eigenvalue weighted by Crippen LogP contribution is -2.19. The Balaban J connectivity index is 1.39. The van der Waals surface area contributed by atoms with Crippen molar-refractivity contribution in [1.82, 2.24) is 10.2 Å². The first-order valence-corrected chi connectivity index (χ1v) is 12.0. The normalized spacial score (nSPS) is 11.5. The van der Waals surface area contributed by atoms with E-state index in [2.05, 4.69) is 15.5 Å². The molecule has 1 aromatic heterocycles. The summed E-state index contributed by atoms with van der Waals surface area (Å²) in [5, 5.41) is 10.4. The van der Waals surface area contributed by atoms with Crippen LogP contribution in [-0.4, -0.2) is 28.7 Å². The second-order valence-corrected chi connectivity index (χ2v) is 8.48. The quantitative estimate of drug-likeness (QED) is 0.244. The molecule has 1 atom stereocenters. The fourth-order valence-corrected chi connectivity index (χ4v) is 3.91. The van der Waals surface area contributed by atoms with Gasteiger partial charge in [-0.05, 0) is 66.6 Å². The smallest absolute Gasteiger partial charge is 0.293 e. The minimum atomic E-state index is -0.376. The van der Waals surface area contributed by atoms with Gasteiger partial charge in [0.1, 0.15) is 17.6 Å². The highest BCUT2D eigenvalue weighted by molar-refractivity contribution is 5.90. The molecule has 0 saturated carbocycles. The summed E-state index contributed by atoms with van der Waals surface area (Å²) >= 11 is 0. The average Bonchev–Trinajstić information content (AvgIpc) is 3.34. The lowest BCUT2D eigenvalue weighted by Gasteiger charge is -2.15. The molecule has 3 aromatic carbocycles. The number of carbonyl (C=O) groups is 2. The molecule has 1 unspecified atom stereocenters. The highest BCUT2D eigenvalue weighted by atomic mass is 16.5. The molecule has 0 aliphatic rings. The van der Waals surface area contributed by atoms with Crippen LogP contribution in [0.3, 0.4) is 0 Å². The van der Waals surface area contributed by atoms with E-state index in [4.69, 9.17) is 9.47 Å². The minimum absolute atomic E-state index is 0.0139. The monoisotopic (exact) mass is 483 g/mol. The molecule has 1 heterocycles. The Kier molecular flexibility index (Phi) is 8.48. The van der Waals surface area contributed by atoms with Crippen molar-refractivity contribution in [3.05, 3.63) is 96.2 Å². The van der Waals surface area contributed by atoms with E-state index in [1.807, 2.05) is 91.9 Å². The zero-order chi connectivity index (χ0) is 25.2. The maximum atomic E-state index is 11.9. The average molecular weight is 484 g/mol. The lowest BCUT2D eigenvalue weighted by molar-refractivity contribution is -0.133. The number of amides is 1. The minimum Gasteiger partial charge on any atom is -0.464 e. The van der Waals surface area contributed by atoms with Crippen molar-refractivity contribution in [3.8, 4) is 22.8 Å². The Bertz CT molecular complexity index is 1270. The van der Waals surface area contributed by atoms with Gasteiger partial charge in [0, 0.05) is 36.2 Å². The number of aromatic amines is 1. The van der Waals surface area contributed by atoms with E-state index in [0.717, 1.165) is 46.1 Å². The van der Waals surface area contributed by atoms with Crippen molar-refractivity contribution in [2.75, 3.05) is 5.32 Å². The van der Waals surface area contributed by atoms with Crippen LogP contribution >= 0.6 is 0 Å². The molecule has 36 heavy (non-hydrogen) atoms. The van der Waals surface area contributed by atoms with Crippen LogP contribution in [0.5, 0.6) is 11.5 Å². The van der Waals surface area contributed by atoms with E-state index in [0.29, 0.717) is 25.7 Å². The Labute approximate surface area is 210 Å². The Morgan fingerprint density at radius 3 is 2.50 bits per heavy atom.